The van der Waals surface area contributed by atoms with Crippen LogP contribution in [0.25, 0.3) is 0 Å². The molecule has 1 atom stereocenters. The largest absolute Gasteiger partial charge is 0.573 e. The quantitative estimate of drug-likeness (QED) is 0.113. The third-order valence-electron chi connectivity index (χ3n) is 5.52. The van der Waals surface area contributed by atoms with E-state index in [-0.39, 0.29) is 17.5 Å². The number of allylic oxidation sites excluding steroid dienone is 2. The first kappa shape index (κ1) is 27.9. The van der Waals surface area contributed by atoms with Crippen LogP contribution in [0.1, 0.15) is 50.8 Å². The number of nitrogens with zero attached hydrogens (tertiary/aromatic N) is 3. The van der Waals surface area contributed by atoms with Gasteiger partial charge in [0.2, 0.25) is 0 Å². The van der Waals surface area contributed by atoms with Crippen LogP contribution in [0.4, 0.5) is 13.2 Å². The number of halogens is 3. The number of aryl methyl sites for hydroxylation is 2. The van der Waals surface area contributed by atoms with Crippen molar-refractivity contribution in [2.24, 2.45) is 10.9 Å². The summed E-state index contributed by atoms with van der Waals surface area (Å²) in [6.45, 7) is 9.73. The third-order valence-corrected chi connectivity index (χ3v) is 5.52. The van der Waals surface area contributed by atoms with Crippen molar-refractivity contribution in [3.8, 4) is 5.75 Å². The maximum Gasteiger partial charge on any atom is 0.573 e. The summed E-state index contributed by atoms with van der Waals surface area (Å²) in [4.78, 5) is 21.7. The van der Waals surface area contributed by atoms with Crippen molar-refractivity contribution < 1.29 is 27.4 Å². The van der Waals surface area contributed by atoms with Crippen LogP contribution in [-0.2, 0) is 16.0 Å². The molecule has 2 rings (SSSR count). The van der Waals surface area contributed by atoms with E-state index in [9.17, 15) is 18.0 Å². The first-order chi connectivity index (χ1) is 16.5. The summed E-state index contributed by atoms with van der Waals surface area (Å²) in [7, 11) is 1.50. The molecule has 0 N–H and O–H groups in total. The predicted molar refractivity (Wildman–Crippen MR) is 129 cm³/mol. The van der Waals surface area contributed by atoms with Gasteiger partial charge in [0, 0.05) is 24.4 Å². The van der Waals surface area contributed by atoms with Gasteiger partial charge in [0.05, 0.1) is 12.8 Å². The van der Waals surface area contributed by atoms with Gasteiger partial charge in [-0.3, -0.25) is 9.36 Å². The third kappa shape index (κ3) is 9.07. The Balaban J connectivity index is 2.03. The number of carbonyl (C=O) groups excluding carboxylic acids is 1. The molecule has 2 aromatic rings. The number of rotatable bonds is 12. The number of ether oxygens (including phenoxy) is 2. The normalized spacial score (nSPS) is 13.5. The molecule has 1 heterocycles. The molecule has 1 aromatic heterocycles. The Labute approximate surface area is 204 Å². The Morgan fingerprint density at radius 3 is 2.49 bits per heavy atom. The molecule has 1 aromatic carbocycles. The summed E-state index contributed by atoms with van der Waals surface area (Å²) in [6, 6.07) is 5.79. The smallest absolute Gasteiger partial charge is 0.493 e. The Bertz CT molecular complexity index is 1050. The highest BCUT2D eigenvalue weighted by Crippen LogP contribution is 2.24. The Kier molecular flexibility index (Phi) is 10.3. The number of hydrogen-bond acceptors (Lipinski definition) is 5. The topological polar surface area (TPSA) is 65.7 Å². The van der Waals surface area contributed by atoms with Gasteiger partial charge in [-0.2, -0.15) is 0 Å². The van der Waals surface area contributed by atoms with E-state index in [0.29, 0.717) is 36.4 Å². The molecule has 0 fully saturated rings. The zero-order valence-corrected chi connectivity index (χ0v) is 20.6. The van der Waals surface area contributed by atoms with Gasteiger partial charge < -0.3 is 9.47 Å². The lowest BCUT2D eigenvalue weighted by Gasteiger charge is -2.13. The summed E-state index contributed by atoms with van der Waals surface area (Å²) in [6.07, 6.45) is 3.44. The molecule has 0 aliphatic carbocycles. The van der Waals surface area contributed by atoms with Gasteiger partial charge in [-0.05, 0) is 56.2 Å². The van der Waals surface area contributed by atoms with Crippen LogP contribution in [0.2, 0.25) is 0 Å². The fourth-order valence-corrected chi connectivity index (χ4v) is 3.35. The summed E-state index contributed by atoms with van der Waals surface area (Å²) >= 11 is 0. The molecule has 0 saturated heterocycles. The second-order valence-electron chi connectivity index (χ2n) is 8.22. The van der Waals surface area contributed by atoms with Crippen molar-refractivity contribution in [1.82, 2.24) is 9.55 Å². The minimum atomic E-state index is -4.71. The van der Waals surface area contributed by atoms with Gasteiger partial charge in [-0.15, -0.1) is 13.2 Å². The first-order valence-electron chi connectivity index (χ1n) is 11.4. The SMILES string of the molecule is C=C(OC)C(=NC=C(C(=O)CCCCc1ccc(OC(F)(F)F)cc1)C(C)CC)n1cnc(C)c1. The van der Waals surface area contributed by atoms with Crippen LogP contribution < -0.4 is 4.74 Å². The molecule has 9 heteroatoms. The monoisotopic (exact) mass is 491 g/mol. The van der Waals surface area contributed by atoms with Crippen molar-refractivity contribution in [2.75, 3.05) is 7.11 Å². The maximum absolute atomic E-state index is 13.0. The van der Waals surface area contributed by atoms with E-state index in [1.54, 1.807) is 35.4 Å². The van der Waals surface area contributed by atoms with Crippen molar-refractivity contribution >= 4 is 11.6 Å². The fraction of sp³-hybridized carbons (Fsp3) is 0.423. The number of hydrogen-bond donors (Lipinski definition) is 0. The minimum absolute atomic E-state index is 0.0150. The Morgan fingerprint density at radius 2 is 1.94 bits per heavy atom. The number of aromatic nitrogens is 2. The van der Waals surface area contributed by atoms with Crippen molar-refractivity contribution in [3.05, 3.63) is 72.2 Å². The lowest BCUT2D eigenvalue weighted by Crippen LogP contribution is -2.17. The number of benzene rings is 1. The van der Waals surface area contributed by atoms with E-state index in [1.165, 1.54) is 19.2 Å². The molecule has 1 unspecified atom stereocenters. The number of unbranched alkanes of at least 4 members (excludes halogenated alkanes) is 1. The van der Waals surface area contributed by atoms with Crippen LogP contribution >= 0.6 is 0 Å². The van der Waals surface area contributed by atoms with Crippen LogP contribution in [0.3, 0.4) is 0 Å². The fourth-order valence-electron chi connectivity index (χ4n) is 3.35. The van der Waals surface area contributed by atoms with E-state index in [0.717, 1.165) is 24.1 Å². The number of methoxy groups -OCH3 is 1. The lowest BCUT2D eigenvalue weighted by atomic mass is 9.93. The van der Waals surface area contributed by atoms with Crippen LogP contribution in [0, 0.1) is 12.8 Å². The van der Waals surface area contributed by atoms with Gasteiger partial charge in [0.1, 0.15) is 12.1 Å². The number of carbonyl (C=O) groups is 1. The molecular weight excluding hydrogens is 459 g/mol. The van der Waals surface area contributed by atoms with Gasteiger partial charge in [-0.25, -0.2) is 9.98 Å². The molecule has 0 radical (unpaired) electrons. The second-order valence-corrected chi connectivity index (χ2v) is 8.22. The average Bonchev–Trinajstić information content (AvgIpc) is 3.24. The lowest BCUT2D eigenvalue weighted by molar-refractivity contribution is -0.274. The van der Waals surface area contributed by atoms with Gasteiger partial charge >= 0.3 is 6.36 Å². The number of Topliss-reactive ketones (excluding diaryl/α,β-unsaturated/α-hetero) is 1. The van der Waals surface area contributed by atoms with Crippen molar-refractivity contribution in [3.63, 3.8) is 0 Å². The number of aliphatic imine (C=N–C) groups is 1. The molecule has 35 heavy (non-hydrogen) atoms. The first-order valence-corrected chi connectivity index (χ1v) is 11.4. The molecule has 0 spiro atoms. The predicted octanol–water partition coefficient (Wildman–Crippen LogP) is 6.41. The van der Waals surface area contributed by atoms with Crippen LogP contribution in [0.5, 0.6) is 5.75 Å². The highest BCUT2D eigenvalue weighted by molar-refractivity contribution is 5.99. The van der Waals surface area contributed by atoms with E-state index in [1.807, 2.05) is 20.8 Å². The molecule has 0 aliphatic heterocycles. The zero-order valence-electron chi connectivity index (χ0n) is 20.6. The summed E-state index contributed by atoms with van der Waals surface area (Å²) in [5.41, 5.74) is 2.32. The summed E-state index contributed by atoms with van der Waals surface area (Å²) in [5, 5.41) is 0. The molecule has 0 bridgehead atoms. The zero-order chi connectivity index (χ0) is 26.0. The van der Waals surface area contributed by atoms with E-state index in [4.69, 9.17) is 4.74 Å². The van der Waals surface area contributed by atoms with E-state index >= 15 is 0 Å². The van der Waals surface area contributed by atoms with Crippen LogP contribution in [-0.4, -0.2) is 34.6 Å². The highest BCUT2D eigenvalue weighted by Gasteiger charge is 2.30. The van der Waals surface area contributed by atoms with Crippen LogP contribution in [0.15, 0.2) is 65.9 Å². The molecule has 0 aliphatic rings. The molecule has 6 nitrogen and oxygen atoms in total. The molecule has 190 valence electrons. The molecule has 0 amide bonds. The van der Waals surface area contributed by atoms with Gasteiger partial charge in [0.15, 0.2) is 17.4 Å². The van der Waals surface area contributed by atoms with Gasteiger partial charge in [0.25, 0.3) is 0 Å². The van der Waals surface area contributed by atoms with Gasteiger partial charge in [-0.1, -0.05) is 32.6 Å². The maximum atomic E-state index is 13.0. The number of ketones is 1. The number of alkyl halides is 3. The second kappa shape index (κ2) is 12.9. The van der Waals surface area contributed by atoms with E-state index in [2.05, 4.69) is 21.3 Å². The van der Waals surface area contributed by atoms with E-state index < -0.39 is 6.36 Å². The number of imidazole rings is 1. The standard InChI is InChI=1S/C26H32F3N3O3/c1-6-18(2)23(15-30-25(20(4)34-5)32-16-19(3)31-17-32)24(33)10-8-7-9-21-11-13-22(14-12-21)35-26(27,28)29/h11-18H,4,6-10H2,1-3,5H3. The molecular formula is C26H32F3N3O3. The minimum Gasteiger partial charge on any atom is -0.493 e. The Morgan fingerprint density at radius 1 is 1.26 bits per heavy atom. The van der Waals surface area contributed by atoms with Crippen molar-refractivity contribution in [2.45, 2.75) is 59.2 Å². The highest BCUT2D eigenvalue weighted by atomic mass is 19.4. The molecule has 0 saturated carbocycles. The average molecular weight is 492 g/mol. The summed E-state index contributed by atoms with van der Waals surface area (Å²) in [5.74, 6) is 0.581. The summed E-state index contributed by atoms with van der Waals surface area (Å²) < 4.78 is 47.7. The van der Waals surface area contributed by atoms with Crippen molar-refractivity contribution in [1.29, 1.82) is 0 Å². The Hall–Kier alpha value is -3.36.